The van der Waals surface area contributed by atoms with Crippen molar-refractivity contribution in [3.05, 3.63) is 60.2 Å². The maximum absolute atomic E-state index is 13.9. The maximum Gasteiger partial charge on any atom is 0.230 e. The van der Waals surface area contributed by atoms with Gasteiger partial charge in [-0.1, -0.05) is 37.3 Å². The zero-order valence-corrected chi connectivity index (χ0v) is 24.7. The molecule has 3 saturated heterocycles. The molecule has 9 nitrogen and oxygen atoms in total. The monoisotopic (exact) mass is 565 g/mol. The molecule has 4 N–H and O–H groups in total. The van der Waals surface area contributed by atoms with Crippen molar-refractivity contribution in [2.45, 2.75) is 45.2 Å². The van der Waals surface area contributed by atoms with Crippen molar-refractivity contribution < 1.29 is 19.4 Å². The summed E-state index contributed by atoms with van der Waals surface area (Å²) in [6.45, 7) is 9.75. The van der Waals surface area contributed by atoms with Crippen LogP contribution in [0, 0.1) is 23.7 Å². The summed E-state index contributed by atoms with van der Waals surface area (Å²) in [4.78, 5) is 18.1. The first-order valence-corrected chi connectivity index (χ1v) is 15.1. The van der Waals surface area contributed by atoms with Crippen LogP contribution in [0.25, 0.3) is 0 Å². The Hall–Kier alpha value is -2.53. The molecular weight excluding hydrogens is 518 g/mol. The number of hydrogen-bond acceptors (Lipinski definition) is 8. The van der Waals surface area contributed by atoms with Crippen molar-refractivity contribution in [2.75, 3.05) is 53.0 Å². The number of rotatable bonds is 9. The molecule has 3 aliphatic heterocycles. The van der Waals surface area contributed by atoms with Gasteiger partial charge < -0.3 is 30.1 Å². The number of carbonyl (C=O) groups excluding carboxylic acids is 1. The average Bonchev–Trinajstić information content (AvgIpc) is 3.00. The second kappa shape index (κ2) is 14.1. The smallest absolute Gasteiger partial charge is 0.230 e. The predicted molar refractivity (Wildman–Crippen MR) is 159 cm³/mol. The number of carbonyl (C=O) groups is 1. The van der Waals surface area contributed by atoms with Gasteiger partial charge in [-0.2, -0.15) is 0 Å². The van der Waals surface area contributed by atoms with Crippen molar-refractivity contribution in [3.8, 4) is 11.5 Å². The number of likely N-dealkylation sites (N-methyl/N-ethyl adjacent to an activating group) is 1. The molecule has 3 fully saturated rings. The van der Waals surface area contributed by atoms with E-state index < -0.39 is 0 Å². The summed E-state index contributed by atoms with van der Waals surface area (Å²) in [5, 5.41) is 20.5. The summed E-state index contributed by atoms with van der Waals surface area (Å²) in [5.74, 6) is 2.46. The Morgan fingerprint density at radius 3 is 2.46 bits per heavy atom. The van der Waals surface area contributed by atoms with Crippen molar-refractivity contribution in [1.29, 1.82) is 0 Å². The standard InChI is InChI=1S/C32H47N5O4/c1-22-17-37(23(2)20-38)32(39)29-13-25(26-14-33-21-34-15-26)16-35-31(29)41-30(22)19-36(3)18-24-9-11-28(12-10-24)40-27-7-5-4-6-8-27/h4-12,22-23,25-26,29-31,33-35,38H,13-21H2,1-3H3. The molecule has 3 aliphatic rings. The van der Waals surface area contributed by atoms with Crippen LogP contribution in [0.1, 0.15) is 25.8 Å². The molecule has 1 amide bonds. The molecule has 5 rings (SSSR count). The van der Waals surface area contributed by atoms with Crippen molar-refractivity contribution in [2.24, 2.45) is 23.7 Å². The minimum atomic E-state index is -0.327. The van der Waals surface area contributed by atoms with Crippen molar-refractivity contribution in [3.63, 3.8) is 0 Å². The molecule has 0 aliphatic carbocycles. The number of ether oxygens (including phenoxy) is 2. The first-order valence-electron chi connectivity index (χ1n) is 15.1. The third-order valence-electron chi connectivity index (χ3n) is 8.92. The molecule has 2 aromatic rings. The fraction of sp³-hybridized carbons (Fsp3) is 0.594. The Bertz CT molecular complexity index is 1100. The highest BCUT2D eigenvalue weighted by molar-refractivity contribution is 5.80. The molecule has 2 aromatic carbocycles. The number of fused-ring (bicyclic) bond motifs is 1. The van der Waals surface area contributed by atoms with Crippen LogP contribution < -0.4 is 20.7 Å². The number of amides is 1. The lowest BCUT2D eigenvalue weighted by Gasteiger charge is -2.47. The number of hydrogen-bond donors (Lipinski definition) is 4. The van der Waals surface area contributed by atoms with Gasteiger partial charge in [0, 0.05) is 51.9 Å². The summed E-state index contributed by atoms with van der Waals surface area (Å²) in [7, 11) is 2.12. The number of aliphatic hydroxyl groups is 1. The van der Waals surface area contributed by atoms with E-state index in [-0.39, 0.29) is 42.7 Å². The molecule has 224 valence electrons. The van der Waals surface area contributed by atoms with E-state index in [1.807, 2.05) is 54.3 Å². The topological polar surface area (TPSA) is 98.3 Å². The van der Waals surface area contributed by atoms with Crippen molar-refractivity contribution in [1.82, 2.24) is 25.8 Å². The zero-order chi connectivity index (χ0) is 28.8. The molecule has 6 unspecified atom stereocenters. The summed E-state index contributed by atoms with van der Waals surface area (Å²) in [6, 6.07) is 17.8. The Balaban J connectivity index is 1.24. The lowest BCUT2D eigenvalue weighted by Crippen LogP contribution is -2.62. The van der Waals surface area contributed by atoms with Gasteiger partial charge in [-0.05, 0) is 62.1 Å². The number of para-hydroxylation sites is 1. The van der Waals surface area contributed by atoms with Gasteiger partial charge in [-0.25, -0.2) is 0 Å². The minimum absolute atomic E-state index is 0.0431. The largest absolute Gasteiger partial charge is 0.457 e. The number of benzene rings is 2. The Kier molecular flexibility index (Phi) is 10.3. The molecule has 6 atom stereocenters. The van der Waals surface area contributed by atoms with E-state index in [9.17, 15) is 9.90 Å². The fourth-order valence-corrected chi connectivity index (χ4v) is 6.43. The van der Waals surface area contributed by atoms with Crippen molar-refractivity contribution >= 4 is 5.91 Å². The Labute approximate surface area is 244 Å². The number of piperidine rings is 1. The average molecular weight is 566 g/mol. The van der Waals surface area contributed by atoms with Gasteiger partial charge in [-0.3, -0.25) is 15.0 Å². The van der Waals surface area contributed by atoms with Gasteiger partial charge in [-0.15, -0.1) is 0 Å². The molecule has 0 aromatic heterocycles. The summed E-state index contributed by atoms with van der Waals surface area (Å²) >= 11 is 0. The molecule has 0 radical (unpaired) electrons. The van der Waals surface area contributed by atoms with E-state index in [2.05, 4.69) is 47.0 Å². The summed E-state index contributed by atoms with van der Waals surface area (Å²) < 4.78 is 12.7. The molecule has 9 heteroatoms. The van der Waals surface area contributed by atoms with Gasteiger partial charge in [0.05, 0.1) is 24.7 Å². The molecule has 3 heterocycles. The third kappa shape index (κ3) is 7.66. The van der Waals surface area contributed by atoms with E-state index in [0.717, 1.165) is 57.3 Å². The predicted octanol–water partition coefficient (Wildman–Crippen LogP) is 2.47. The molecule has 0 saturated carbocycles. The summed E-state index contributed by atoms with van der Waals surface area (Å²) in [6.07, 6.45) is 0.414. The Morgan fingerprint density at radius 2 is 1.76 bits per heavy atom. The number of nitrogens with one attached hydrogen (secondary N) is 3. The lowest BCUT2D eigenvalue weighted by atomic mass is 9.79. The van der Waals surface area contributed by atoms with Crippen LogP contribution in [0.15, 0.2) is 54.6 Å². The van der Waals surface area contributed by atoms with E-state index in [1.54, 1.807) is 0 Å². The highest BCUT2D eigenvalue weighted by Gasteiger charge is 2.45. The van der Waals surface area contributed by atoms with Gasteiger partial charge >= 0.3 is 0 Å². The van der Waals surface area contributed by atoms with Crippen LogP contribution in [0.3, 0.4) is 0 Å². The van der Waals surface area contributed by atoms with E-state index in [4.69, 9.17) is 9.47 Å². The lowest BCUT2D eigenvalue weighted by molar-refractivity contribution is -0.168. The van der Waals surface area contributed by atoms with Crippen LogP contribution in [-0.2, 0) is 16.1 Å². The van der Waals surface area contributed by atoms with E-state index in [0.29, 0.717) is 18.4 Å². The highest BCUT2D eigenvalue weighted by Crippen LogP contribution is 2.33. The van der Waals surface area contributed by atoms with Crippen LogP contribution >= 0.6 is 0 Å². The summed E-state index contributed by atoms with van der Waals surface area (Å²) in [5.41, 5.74) is 1.20. The van der Waals surface area contributed by atoms with Gasteiger partial charge in [0.1, 0.15) is 17.7 Å². The van der Waals surface area contributed by atoms with Crippen LogP contribution in [-0.4, -0.2) is 92.2 Å². The molecule has 0 spiro atoms. The van der Waals surface area contributed by atoms with Crippen LogP contribution in [0.4, 0.5) is 0 Å². The van der Waals surface area contributed by atoms with E-state index in [1.165, 1.54) is 5.56 Å². The van der Waals surface area contributed by atoms with Gasteiger partial charge in [0.2, 0.25) is 5.91 Å². The normalized spacial score (nSPS) is 28.6. The maximum atomic E-state index is 13.9. The van der Waals surface area contributed by atoms with Crippen LogP contribution in [0.2, 0.25) is 0 Å². The van der Waals surface area contributed by atoms with Crippen LogP contribution in [0.5, 0.6) is 11.5 Å². The number of aliphatic hydroxyl groups excluding tert-OH is 1. The fourth-order valence-electron chi connectivity index (χ4n) is 6.43. The van der Waals surface area contributed by atoms with E-state index >= 15 is 0 Å². The highest BCUT2D eigenvalue weighted by atomic mass is 16.5. The molecule has 41 heavy (non-hydrogen) atoms. The quantitative estimate of drug-likeness (QED) is 0.368. The zero-order valence-electron chi connectivity index (χ0n) is 24.7. The molecular formula is C32H47N5O4. The number of nitrogens with zero attached hydrogens (tertiary/aromatic N) is 2. The third-order valence-corrected chi connectivity index (χ3v) is 8.92. The SMILES string of the molecule is CC1CN(C(C)CO)C(=O)C2CC(C3CNCNC3)CNC2OC1CN(C)Cc1ccc(Oc2ccccc2)cc1. The first-order chi connectivity index (χ1) is 19.9. The van der Waals surface area contributed by atoms with Gasteiger partial charge in [0.15, 0.2) is 0 Å². The first kappa shape index (κ1) is 29.9. The Morgan fingerprint density at radius 1 is 1.05 bits per heavy atom. The second-order valence-corrected chi connectivity index (χ2v) is 12.2. The molecule has 0 bridgehead atoms. The second-order valence-electron chi connectivity index (χ2n) is 12.2. The van der Waals surface area contributed by atoms with Gasteiger partial charge in [0.25, 0.3) is 0 Å². The minimum Gasteiger partial charge on any atom is -0.457 e.